The number of piperazine rings is 1. The second kappa shape index (κ2) is 8.06. The summed E-state index contributed by atoms with van der Waals surface area (Å²) in [6.45, 7) is 4.58. The van der Waals surface area contributed by atoms with Gasteiger partial charge in [-0.25, -0.2) is 9.97 Å². The molecule has 2 aliphatic rings. The number of nitrogens with zero attached hydrogens (tertiary/aromatic N) is 4. The number of carbonyl (C=O) groups is 2. The van der Waals surface area contributed by atoms with Crippen LogP contribution in [0.2, 0.25) is 0 Å². The number of anilines is 2. The fourth-order valence-electron chi connectivity index (χ4n) is 3.72. The summed E-state index contributed by atoms with van der Waals surface area (Å²) in [5.41, 5.74) is 1.68. The van der Waals surface area contributed by atoms with Crippen molar-refractivity contribution in [2.75, 3.05) is 43.5 Å². The van der Waals surface area contributed by atoms with Crippen molar-refractivity contribution in [1.82, 2.24) is 14.9 Å². The molecule has 1 N–H and O–H groups in total. The third kappa shape index (κ3) is 4.16. The second-order valence-corrected chi connectivity index (χ2v) is 7.50. The lowest BCUT2D eigenvalue weighted by Crippen LogP contribution is -2.50. The van der Waals surface area contributed by atoms with Gasteiger partial charge in [-0.1, -0.05) is 6.07 Å². The van der Waals surface area contributed by atoms with Crippen LogP contribution in [0.25, 0.3) is 0 Å². The van der Waals surface area contributed by atoms with Gasteiger partial charge in [-0.3, -0.25) is 9.59 Å². The molecule has 1 saturated carbocycles. The molecule has 1 saturated heterocycles. The van der Waals surface area contributed by atoms with Gasteiger partial charge in [0.05, 0.1) is 24.6 Å². The average Bonchev–Trinajstić information content (AvgIpc) is 3.55. The third-order valence-corrected chi connectivity index (χ3v) is 5.48. The molecule has 2 atom stereocenters. The smallest absolute Gasteiger partial charge is 0.228 e. The minimum Gasteiger partial charge on any atom is -0.495 e. The zero-order valence-corrected chi connectivity index (χ0v) is 16.7. The van der Waals surface area contributed by atoms with Gasteiger partial charge in [0, 0.05) is 38.6 Å². The number of rotatable bonds is 5. The number of aryl methyl sites for hydroxylation is 1. The van der Waals surface area contributed by atoms with Gasteiger partial charge in [0.2, 0.25) is 17.8 Å². The summed E-state index contributed by atoms with van der Waals surface area (Å²) in [4.78, 5) is 37.9. The first-order chi connectivity index (χ1) is 14.1. The van der Waals surface area contributed by atoms with E-state index in [2.05, 4.69) is 20.2 Å². The highest BCUT2D eigenvalue weighted by Crippen LogP contribution is 2.41. The van der Waals surface area contributed by atoms with Crippen LogP contribution in [0.4, 0.5) is 11.6 Å². The van der Waals surface area contributed by atoms with E-state index in [4.69, 9.17) is 4.74 Å². The van der Waals surface area contributed by atoms with Gasteiger partial charge in [-0.2, -0.15) is 0 Å². The van der Waals surface area contributed by atoms with Gasteiger partial charge >= 0.3 is 0 Å². The molecule has 1 aromatic heterocycles. The molecule has 2 unspecified atom stereocenters. The Bertz CT molecular complexity index is 896. The van der Waals surface area contributed by atoms with Crippen molar-refractivity contribution in [3.05, 3.63) is 42.2 Å². The number of amides is 2. The predicted molar refractivity (Wildman–Crippen MR) is 109 cm³/mol. The molecule has 0 spiro atoms. The molecule has 29 heavy (non-hydrogen) atoms. The number of nitrogens with one attached hydrogen (secondary N) is 1. The third-order valence-electron chi connectivity index (χ3n) is 5.48. The molecule has 2 fully saturated rings. The topological polar surface area (TPSA) is 87.7 Å². The minimum absolute atomic E-state index is 0.0648. The Morgan fingerprint density at radius 1 is 1.10 bits per heavy atom. The monoisotopic (exact) mass is 395 g/mol. The van der Waals surface area contributed by atoms with Crippen molar-refractivity contribution < 1.29 is 14.3 Å². The van der Waals surface area contributed by atoms with Gasteiger partial charge in [0.25, 0.3) is 0 Å². The standard InChI is InChI=1S/C21H25N5O3/c1-14-4-5-18(29-2)17(12-14)24-19(27)15-13-16(15)20(28)25-8-10-26(11-9-25)21-22-6-3-7-23-21/h3-7,12,15-16H,8-11,13H2,1-2H3,(H,24,27). The normalized spacial score (nSPS) is 20.9. The molecule has 8 nitrogen and oxygen atoms in total. The fraction of sp³-hybridized carbons (Fsp3) is 0.429. The van der Waals surface area contributed by atoms with Crippen molar-refractivity contribution in [2.45, 2.75) is 13.3 Å². The lowest BCUT2D eigenvalue weighted by Gasteiger charge is -2.34. The van der Waals surface area contributed by atoms with E-state index in [-0.39, 0.29) is 23.7 Å². The zero-order valence-electron chi connectivity index (χ0n) is 16.7. The number of methoxy groups -OCH3 is 1. The van der Waals surface area contributed by atoms with E-state index in [1.54, 1.807) is 25.6 Å². The summed E-state index contributed by atoms with van der Waals surface area (Å²) >= 11 is 0. The highest BCUT2D eigenvalue weighted by molar-refractivity contribution is 6.00. The van der Waals surface area contributed by atoms with Crippen molar-refractivity contribution in [3.8, 4) is 5.75 Å². The van der Waals surface area contributed by atoms with Crippen LogP contribution in [0, 0.1) is 18.8 Å². The Morgan fingerprint density at radius 3 is 2.52 bits per heavy atom. The molecular weight excluding hydrogens is 370 g/mol. The van der Waals surface area contributed by atoms with Gasteiger partial charge in [-0.05, 0) is 37.1 Å². The summed E-state index contributed by atoms with van der Waals surface area (Å²) in [5, 5.41) is 2.92. The molecule has 4 rings (SSSR count). The summed E-state index contributed by atoms with van der Waals surface area (Å²) in [7, 11) is 1.57. The SMILES string of the molecule is COc1ccc(C)cc1NC(=O)C1CC1C(=O)N1CCN(c2ncccn2)CC1. The highest BCUT2D eigenvalue weighted by Gasteiger charge is 2.49. The van der Waals surface area contributed by atoms with Gasteiger partial charge < -0.3 is 19.9 Å². The summed E-state index contributed by atoms with van der Waals surface area (Å²) in [5.74, 6) is 0.745. The maximum atomic E-state index is 12.8. The molecule has 8 heteroatoms. The summed E-state index contributed by atoms with van der Waals surface area (Å²) < 4.78 is 5.31. The Labute approximate surface area is 169 Å². The number of aromatic nitrogens is 2. The van der Waals surface area contributed by atoms with Crippen LogP contribution >= 0.6 is 0 Å². The number of ether oxygens (including phenoxy) is 1. The molecule has 1 aromatic carbocycles. The van der Waals surface area contributed by atoms with Gasteiger partial charge in [-0.15, -0.1) is 0 Å². The van der Waals surface area contributed by atoms with Crippen LogP contribution < -0.4 is 15.0 Å². The first kappa shape index (κ1) is 19.2. The molecule has 2 aromatic rings. The van der Waals surface area contributed by atoms with Crippen LogP contribution in [-0.4, -0.2) is 60.0 Å². The zero-order chi connectivity index (χ0) is 20.4. The Kier molecular flexibility index (Phi) is 5.33. The molecular formula is C21H25N5O3. The van der Waals surface area contributed by atoms with Crippen LogP contribution in [0.1, 0.15) is 12.0 Å². The Balaban J connectivity index is 1.31. The van der Waals surface area contributed by atoms with Crippen LogP contribution in [0.15, 0.2) is 36.7 Å². The highest BCUT2D eigenvalue weighted by atomic mass is 16.5. The van der Waals surface area contributed by atoms with E-state index in [1.807, 2.05) is 30.0 Å². The maximum Gasteiger partial charge on any atom is 0.228 e. The lowest BCUT2D eigenvalue weighted by atomic mass is 10.2. The van der Waals surface area contributed by atoms with Crippen molar-refractivity contribution in [3.63, 3.8) is 0 Å². The second-order valence-electron chi connectivity index (χ2n) is 7.50. The first-order valence-electron chi connectivity index (χ1n) is 9.83. The lowest BCUT2D eigenvalue weighted by molar-refractivity contribution is -0.134. The summed E-state index contributed by atoms with van der Waals surface area (Å²) in [6.07, 6.45) is 4.04. The molecule has 0 radical (unpaired) electrons. The van der Waals surface area contributed by atoms with Crippen LogP contribution in [0.3, 0.4) is 0 Å². The Hall–Kier alpha value is -3.16. The largest absolute Gasteiger partial charge is 0.495 e. The number of hydrogen-bond acceptors (Lipinski definition) is 6. The van der Waals surface area contributed by atoms with E-state index in [0.717, 1.165) is 5.56 Å². The Morgan fingerprint density at radius 2 is 1.83 bits per heavy atom. The number of carbonyl (C=O) groups excluding carboxylic acids is 2. The number of hydrogen-bond donors (Lipinski definition) is 1. The van der Waals surface area contributed by atoms with E-state index in [1.165, 1.54) is 0 Å². The van der Waals surface area contributed by atoms with Gasteiger partial charge in [0.1, 0.15) is 5.75 Å². The van der Waals surface area contributed by atoms with E-state index < -0.39 is 0 Å². The van der Waals surface area contributed by atoms with Gasteiger partial charge in [0.15, 0.2) is 0 Å². The van der Waals surface area contributed by atoms with Crippen molar-refractivity contribution >= 4 is 23.5 Å². The summed E-state index contributed by atoms with van der Waals surface area (Å²) in [6, 6.07) is 7.42. The molecule has 152 valence electrons. The molecule has 2 heterocycles. The molecule has 2 amide bonds. The van der Waals surface area contributed by atoms with Crippen LogP contribution in [0.5, 0.6) is 5.75 Å². The molecule has 1 aliphatic heterocycles. The maximum absolute atomic E-state index is 12.8. The first-order valence-corrected chi connectivity index (χ1v) is 9.83. The van der Waals surface area contributed by atoms with E-state index in [0.29, 0.717) is 50.0 Å². The predicted octanol–water partition coefficient (Wildman–Crippen LogP) is 1.72. The quantitative estimate of drug-likeness (QED) is 0.829. The average molecular weight is 395 g/mol. The fourth-order valence-corrected chi connectivity index (χ4v) is 3.72. The minimum atomic E-state index is -0.275. The van der Waals surface area contributed by atoms with Crippen molar-refractivity contribution in [2.24, 2.45) is 11.8 Å². The van der Waals surface area contributed by atoms with E-state index in [9.17, 15) is 9.59 Å². The van der Waals surface area contributed by atoms with E-state index >= 15 is 0 Å². The van der Waals surface area contributed by atoms with Crippen molar-refractivity contribution in [1.29, 1.82) is 0 Å². The molecule has 1 aliphatic carbocycles. The molecule has 0 bridgehead atoms. The van der Waals surface area contributed by atoms with Crippen LogP contribution in [-0.2, 0) is 9.59 Å². The number of benzene rings is 1.